The van der Waals surface area contributed by atoms with Crippen molar-refractivity contribution in [1.82, 2.24) is 5.32 Å². The van der Waals surface area contributed by atoms with Crippen molar-refractivity contribution in [2.24, 2.45) is 5.92 Å². The van der Waals surface area contributed by atoms with Crippen LogP contribution in [-0.4, -0.2) is 66.8 Å². The predicted molar refractivity (Wildman–Crippen MR) is 131 cm³/mol. The Morgan fingerprint density at radius 2 is 1.48 bits per heavy atom. The molecule has 0 aliphatic rings. The zero-order valence-electron chi connectivity index (χ0n) is 21.6. The fourth-order valence-electron chi connectivity index (χ4n) is 4.15. The molecule has 0 rings (SSSR count). The number of nitrogens with one attached hydrogen (secondary N) is 1. The summed E-state index contributed by atoms with van der Waals surface area (Å²) in [6.45, 7) is 5.53. The normalized spacial score (nSPS) is 15.7. The van der Waals surface area contributed by atoms with E-state index in [0.717, 1.165) is 32.1 Å². The number of phosphoric ester groups is 1. The lowest BCUT2D eigenvalue weighted by atomic mass is 9.93. The first-order chi connectivity index (χ1) is 15.5. The minimum absolute atomic E-state index is 0.0933. The topological polar surface area (TPSA) is 119 Å². The van der Waals surface area contributed by atoms with Gasteiger partial charge < -0.3 is 29.2 Å². The van der Waals surface area contributed by atoms with Crippen LogP contribution in [-0.2, 0) is 13.9 Å². The van der Waals surface area contributed by atoms with E-state index in [1.54, 1.807) is 0 Å². The zero-order valence-corrected chi connectivity index (χ0v) is 22.5. The monoisotopic (exact) mass is 494 g/mol. The van der Waals surface area contributed by atoms with Gasteiger partial charge in [-0.25, -0.2) is 0 Å². The Morgan fingerprint density at radius 3 is 2.03 bits per heavy atom. The van der Waals surface area contributed by atoms with E-state index in [1.807, 2.05) is 14.1 Å². The van der Waals surface area contributed by atoms with Gasteiger partial charge in [-0.1, -0.05) is 78.1 Å². The molecule has 0 saturated heterocycles. The number of nitrogens with zero attached hydrogens (tertiary/aromatic N) is 1. The lowest BCUT2D eigenvalue weighted by Crippen LogP contribution is -2.48. The molecule has 0 saturated carbocycles. The van der Waals surface area contributed by atoms with Crippen molar-refractivity contribution in [2.75, 3.05) is 40.3 Å². The quantitative estimate of drug-likeness (QED) is 0.120. The van der Waals surface area contributed by atoms with Gasteiger partial charge in [-0.3, -0.25) is 9.36 Å². The lowest BCUT2D eigenvalue weighted by Gasteiger charge is -2.32. The lowest BCUT2D eigenvalue weighted by molar-refractivity contribution is -0.893. The third kappa shape index (κ3) is 20.6. The minimum Gasteiger partial charge on any atom is -0.756 e. The second-order valence-corrected chi connectivity index (χ2v) is 11.2. The van der Waals surface area contributed by atoms with Gasteiger partial charge in [0.05, 0.1) is 27.2 Å². The molecule has 0 bridgehead atoms. The maximum Gasteiger partial charge on any atom is 0.265 e. The van der Waals surface area contributed by atoms with Gasteiger partial charge in [0.1, 0.15) is 12.6 Å². The summed E-state index contributed by atoms with van der Waals surface area (Å²) in [5, 5.41) is 13.1. The predicted octanol–water partition coefficient (Wildman–Crippen LogP) is 3.74. The molecular formula is C24H51N2O6P. The highest BCUT2D eigenvalue weighted by molar-refractivity contribution is 7.44. The number of hydrogen-bond acceptors (Lipinski definition) is 5. The fraction of sp³-hybridized carbons (Fsp3) is 0.958. The molecule has 3 N–H and O–H groups in total. The smallest absolute Gasteiger partial charge is 0.265 e. The standard InChI is InChI=1S/C24H51N2O6P/c1-5-7-9-11-12-14-17-22(16-13-10-8-6-2)24(28)25-18-15-19-26(3,4)20-23(27)21-32-33(29,30)31/h22-23,27H,5-21H2,1-4H3,(H2-,25,28,29,30,31). The number of hydrogen-bond donors (Lipinski definition) is 3. The summed E-state index contributed by atoms with van der Waals surface area (Å²) in [7, 11) is -0.972. The molecule has 0 spiro atoms. The molecule has 33 heavy (non-hydrogen) atoms. The number of aliphatic hydroxyl groups excluding tert-OH is 1. The van der Waals surface area contributed by atoms with E-state index >= 15 is 0 Å². The molecule has 3 unspecified atom stereocenters. The van der Waals surface area contributed by atoms with Gasteiger partial charge in [0, 0.05) is 18.9 Å². The van der Waals surface area contributed by atoms with Crippen LogP contribution < -0.4 is 10.2 Å². The first-order valence-corrected chi connectivity index (χ1v) is 14.5. The second-order valence-electron chi connectivity index (χ2n) is 10.0. The first kappa shape index (κ1) is 32.5. The van der Waals surface area contributed by atoms with Crippen LogP contribution in [0.5, 0.6) is 0 Å². The summed E-state index contributed by atoms with van der Waals surface area (Å²) in [6, 6.07) is 0. The summed E-state index contributed by atoms with van der Waals surface area (Å²) >= 11 is 0. The Hall–Kier alpha value is -0.500. The number of amides is 1. The van der Waals surface area contributed by atoms with E-state index in [-0.39, 0.29) is 18.4 Å². The van der Waals surface area contributed by atoms with Gasteiger partial charge in [-0.15, -0.1) is 0 Å². The van der Waals surface area contributed by atoms with Gasteiger partial charge in [-0.2, -0.15) is 0 Å². The molecule has 0 heterocycles. The van der Waals surface area contributed by atoms with Crippen LogP contribution in [0.15, 0.2) is 0 Å². The SMILES string of the molecule is CCCCCCCCC(CCCCCC)C(=O)NCCC[N+](C)(C)CC(O)COP(=O)([O-])O. The van der Waals surface area contributed by atoms with Crippen LogP contribution in [0.1, 0.15) is 97.3 Å². The van der Waals surface area contributed by atoms with Crippen LogP contribution in [0.25, 0.3) is 0 Å². The molecule has 8 nitrogen and oxygen atoms in total. The highest BCUT2D eigenvalue weighted by atomic mass is 31.2. The van der Waals surface area contributed by atoms with Gasteiger partial charge in [0.25, 0.3) is 7.82 Å². The summed E-state index contributed by atoms with van der Waals surface area (Å²) in [4.78, 5) is 32.1. The van der Waals surface area contributed by atoms with E-state index < -0.39 is 20.5 Å². The van der Waals surface area contributed by atoms with Crippen molar-refractivity contribution in [1.29, 1.82) is 0 Å². The van der Waals surface area contributed by atoms with Crippen molar-refractivity contribution in [2.45, 2.75) is 103 Å². The third-order valence-electron chi connectivity index (χ3n) is 6.06. The van der Waals surface area contributed by atoms with Crippen molar-refractivity contribution < 1.29 is 33.3 Å². The van der Waals surface area contributed by atoms with Crippen LogP contribution in [0.4, 0.5) is 0 Å². The Labute approximate surface area is 202 Å². The largest absolute Gasteiger partial charge is 0.756 e. The van der Waals surface area contributed by atoms with Crippen molar-refractivity contribution in [3.8, 4) is 0 Å². The Morgan fingerprint density at radius 1 is 0.970 bits per heavy atom. The van der Waals surface area contributed by atoms with Crippen LogP contribution >= 0.6 is 7.82 Å². The number of likely N-dealkylation sites (N-methyl/N-ethyl adjacent to an activating group) is 1. The molecule has 0 aromatic rings. The van der Waals surface area contributed by atoms with Crippen molar-refractivity contribution >= 4 is 13.7 Å². The fourth-order valence-corrected chi connectivity index (χ4v) is 4.51. The maximum atomic E-state index is 12.8. The van der Waals surface area contributed by atoms with E-state index in [0.29, 0.717) is 17.6 Å². The molecule has 9 heteroatoms. The number of carbonyl (C=O) groups is 1. The molecule has 198 valence electrons. The molecule has 0 radical (unpaired) electrons. The molecule has 1 amide bonds. The molecule has 0 aliphatic carbocycles. The first-order valence-electron chi connectivity index (χ1n) is 13.0. The third-order valence-corrected chi connectivity index (χ3v) is 6.53. The summed E-state index contributed by atoms with van der Waals surface area (Å²) in [6.07, 6.45) is 13.8. The molecule has 0 fully saturated rings. The molecule has 3 atom stereocenters. The number of phosphoric acid groups is 1. The average molecular weight is 495 g/mol. The highest BCUT2D eigenvalue weighted by Crippen LogP contribution is 2.30. The number of rotatable bonds is 22. The summed E-state index contributed by atoms with van der Waals surface area (Å²) in [5.74, 6) is 0.253. The minimum atomic E-state index is -4.82. The van der Waals surface area contributed by atoms with Gasteiger partial charge in [-0.05, 0) is 12.8 Å². The van der Waals surface area contributed by atoms with Crippen LogP contribution in [0.2, 0.25) is 0 Å². The van der Waals surface area contributed by atoms with Gasteiger partial charge in [0.2, 0.25) is 5.91 Å². The van der Waals surface area contributed by atoms with Crippen molar-refractivity contribution in [3.63, 3.8) is 0 Å². The zero-order chi connectivity index (χ0) is 25.2. The van der Waals surface area contributed by atoms with Gasteiger partial charge in [0.15, 0.2) is 0 Å². The number of carbonyl (C=O) groups excluding carboxylic acids is 1. The molecular weight excluding hydrogens is 443 g/mol. The van der Waals surface area contributed by atoms with E-state index in [4.69, 9.17) is 4.89 Å². The van der Waals surface area contributed by atoms with Gasteiger partial charge >= 0.3 is 0 Å². The molecule has 0 aromatic heterocycles. The molecule has 0 aromatic carbocycles. The second kappa shape index (κ2) is 18.8. The Bertz CT molecular complexity index is 541. The Kier molecular flexibility index (Phi) is 18.5. The van der Waals surface area contributed by atoms with Crippen molar-refractivity contribution in [3.05, 3.63) is 0 Å². The summed E-state index contributed by atoms with van der Waals surface area (Å²) < 4.78 is 15.4. The summed E-state index contributed by atoms with van der Waals surface area (Å²) in [5.41, 5.74) is 0. The highest BCUT2D eigenvalue weighted by Gasteiger charge is 2.22. The van der Waals surface area contributed by atoms with E-state index in [1.165, 1.54) is 51.4 Å². The number of quaternary nitrogens is 1. The van der Waals surface area contributed by atoms with E-state index in [9.17, 15) is 19.4 Å². The maximum absolute atomic E-state index is 12.8. The number of unbranched alkanes of at least 4 members (excludes halogenated alkanes) is 8. The average Bonchev–Trinajstić information content (AvgIpc) is 2.72. The van der Waals surface area contributed by atoms with Crippen LogP contribution in [0.3, 0.4) is 0 Å². The molecule has 0 aliphatic heterocycles. The van der Waals surface area contributed by atoms with Crippen LogP contribution in [0, 0.1) is 5.92 Å². The Balaban J connectivity index is 4.34. The number of aliphatic hydroxyl groups is 1. The van der Waals surface area contributed by atoms with E-state index in [2.05, 4.69) is 23.7 Å².